The molecule has 2 rings (SSSR count). The standard InChI is InChI=1S/C20H32N3O8PS/c1-5-14-17(31-32-29-10-9-28-11-12-33-16(25)6-2)18(27-4)19(30-14)23-8-7-15(21-13(3)24)22-20(23)26/h7-8,14,17-19,32H,5-6,9-12H2,1-4H3,(H,21,22,24,26)/t14-,17?,18+,19-/m1/s1. The highest BCUT2D eigenvalue weighted by Crippen LogP contribution is 2.37. The Morgan fingerprint density at radius 2 is 2.06 bits per heavy atom. The second-order valence-electron chi connectivity index (χ2n) is 7.06. The number of carbonyl (C=O) groups is 2. The topological polar surface area (TPSA) is 127 Å². The summed E-state index contributed by atoms with van der Waals surface area (Å²) >= 11 is 1.27. The van der Waals surface area contributed by atoms with E-state index in [4.69, 9.17) is 23.3 Å². The Morgan fingerprint density at radius 3 is 2.70 bits per heavy atom. The molecule has 186 valence electrons. The zero-order chi connectivity index (χ0) is 24.2. The summed E-state index contributed by atoms with van der Waals surface area (Å²) < 4.78 is 29.8. The summed E-state index contributed by atoms with van der Waals surface area (Å²) in [5.74, 6) is 0.478. The van der Waals surface area contributed by atoms with E-state index in [1.54, 1.807) is 0 Å². The van der Waals surface area contributed by atoms with Crippen LogP contribution in [0.25, 0.3) is 0 Å². The van der Waals surface area contributed by atoms with Gasteiger partial charge in [0.1, 0.15) is 18.0 Å². The van der Waals surface area contributed by atoms with E-state index >= 15 is 0 Å². The minimum absolute atomic E-state index is 0.154. The molecule has 1 amide bonds. The SMILES string of the molecule is CCC(=O)SCCOCCOPOC1[C@@H](CC)O[C@@H](n2ccc(NC(C)=O)nc2=O)[C@H]1OC. The van der Waals surface area contributed by atoms with Gasteiger partial charge in [0, 0.05) is 32.4 Å². The molecule has 0 spiro atoms. The number of thioether (sulfide) groups is 1. The third kappa shape index (κ3) is 8.71. The zero-order valence-corrected chi connectivity index (χ0v) is 21.1. The summed E-state index contributed by atoms with van der Waals surface area (Å²) in [5, 5.41) is 2.63. The number of carbonyl (C=O) groups excluding carboxylic acids is 2. The Bertz CT molecular complexity index is 827. The summed E-state index contributed by atoms with van der Waals surface area (Å²) in [6.07, 6.45) is 0.649. The van der Waals surface area contributed by atoms with E-state index in [0.29, 0.717) is 38.4 Å². The summed E-state index contributed by atoms with van der Waals surface area (Å²) in [5.41, 5.74) is -0.571. The fourth-order valence-corrected chi connectivity index (χ4v) is 4.43. The lowest BCUT2D eigenvalue weighted by atomic mass is 10.1. The van der Waals surface area contributed by atoms with E-state index in [-0.39, 0.29) is 32.0 Å². The highest BCUT2D eigenvalue weighted by molar-refractivity contribution is 8.13. The Kier molecular flexibility index (Phi) is 12.5. The van der Waals surface area contributed by atoms with E-state index in [2.05, 4.69) is 10.3 Å². The van der Waals surface area contributed by atoms with Crippen molar-refractivity contribution in [1.82, 2.24) is 9.55 Å². The van der Waals surface area contributed by atoms with Crippen LogP contribution in [0.4, 0.5) is 5.82 Å². The number of hydrogen-bond acceptors (Lipinski definition) is 10. The van der Waals surface area contributed by atoms with Gasteiger partial charge < -0.3 is 28.6 Å². The van der Waals surface area contributed by atoms with Gasteiger partial charge in [0.25, 0.3) is 0 Å². The fraction of sp³-hybridized carbons (Fsp3) is 0.700. The van der Waals surface area contributed by atoms with Crippen LogP contribution in [0, 0.1) is 0 Å². The smallest absolute Gasteiger partial charge is 0.351 e. The van der Waals surface area contributed by atoms with Crippen molar-refractivity contribution in [2.75, 3.05) is 38.0 Å². The lowest BCUT2D eigenvalue weighted by Crippen LogP contribution is -2.37. The van der Waals surface area contributed by atoms with Crippen molar-refractivity contribution in [3.63, 3.8) is 0 Å². The summed E-state index contributed by atoms with van der Waals surface area (Å²) in [7, 11) is 1.27. The van der Waals surface area contributed by atoms with Gasteiger partial charge in [-0.3, -0.25) is 14.2 Å². The van der Waals surface area contributed by atoms with E-state index in [1.807, 2.05) is 13.8 Å². The zero-order valence-electron chi connectivity index (χ0n) is 19.3. The number of nitrogens with one attached hydrogen (secondary N) is 1. The number of amides is 1. The normalized spacial score (nSPS) is 22.8. The van der Waals surface area contributed by atoms with Gasteiger partial charge in [-0.2, -0.15) is 4.98 Å². The fourth-order valence-electron chi connectivity index (χ4n) is 3.16. The molecule has 1 fully saturated rings. The first kappa shape index (κ1) is 27.8. The molecule has 1 aliphatic heterocycles. The number of ether oxygens (including phenoxy) is 3. The van der Waals surface area contributed by atoms with Gasteiger partial charge in [-0.25, -0.2) is 4.79 Å². The van der Waals surface area contributed by atoms with Crippen molar-refractivity contribution in [3.8, 4) is 0 Å². The number of anilines is 1. The molecule has 1 aromatic rings. The van der Waals surface area contributed by atoms with Gasteiger partial charge in [-0.05, 0) is 12.5 Å². The Balaban J connectivity index is 1.84. The maximum Gasteiger partial charge on any atom is 0.351 e. The molecular weight excluding hydrogens is 473 g/mol. The summed E-state index contributed by atoms with van der Waals surface area (Å²) in [4.78, 5) is 38.8. The molecule has 1 saturated heterocycles. The molecule has 13 heteroatoms. The van der Waals surface area contributed by atoms with Crippen LogP contribution in [-0.2, 0) is 32.8 Å². The predicted molar refractivity (Wildman–Crippen MR) is 126 cm³/mol. The van der Waals surface area contributed by atoms with Crippen molar-refractivity contribution >= 4 is 37.6 Å². The van der Waals surface area contributed by atoms with Crippen molar-refractivity contribution in [2.24, 2.45) is 0 Å². The first-order valence-corrected chi connectivity index (χ1v) is 12.5. The highest BCUT2D eigenvalue weighted by Gasteiger charge is 2.46. The van der Waals surface area contributed by atoms with Crippen molar-refractivity contribution < 1.29 is 32.8 Å². The van der Waals surface area contributed by atoms with Gasteiger partial charge >= 0.3 is 5.69 Å². The molecule has 5 atom stereocenters. The second-order valence-corrected chi connectivity index (χ2v) is 8.90. The number of methoxy groups -OCH3 is 1. The van der Waals surface area contributed by atoms with Gasteiger partial charge in [0.05, 0.1) is 25.9 Å². The second kappa shape index (κ2) is 14.8. The van der Waals surface area contributed by atoms with E-state index in [9.17, 15) is 14.4 Å². The monoisotopic (exact) mass is 505 g/mol. The maximum atomic E-state index is 12.5. The predicted octanol–water partition coefficient (Wildman–Crippen LogP) is 2.12. The van der Waals surface area contributed by atoms with E-state index < -0.39 is 24.1 Å². The molecule has 0 radical (unpaired) electrons. The quantitative estimate of drug-likeness (QED) is 0.297. The Labute approximate surface area is 199 Å². The van der Waals surface area contributed by atoms with Gasteiger partial charge in [-0.15, -0.1) is 0 Å². The summed E-state index contributed by atoms with van der Waals surface area (Å²) in [6.45, 7) is 6.35. The molecule has 11 nitrogen and oxygen atoms in total. The molecule has 2 heterocycles. The highest BCUT2D eigenvalue weighted by atomic mass is 32.2. The number of hydrogen-bond donors (Lipinski definition) is 1. The third-order valence-electron chi connectivity index (χ3n) is 4.72. The van der Waals surface area contributed by atoms with Crippen LogP contribution in [0.1, 0.15) is 39.8 Å². The molecule has 1 aliphatic rings. The van der Waals surface area contributed by atoms with Crippen LogP contribution in [0.2, 0.25) is 0 Å². The van der Waals surface area contributed by atoms with E-state index in [0.717, 1.165) is 0 Å². The molecule has 0 bridgehead atoms. The van der Waals surface area contributed by atoms with Gasteiger partial charge in [-0.1, -0.05) is 25.6 Å². The average Bonchev–Trinajstić information content (AvgIpc) is 3.14. The molecular formula is C20H32N3O8PS. The molecule has 1 N–H and O–H groups in total. The van der Waals surface area contributed by atoms with Crippen molar-refractivity contribution in [2.45, 2.75) is 58.2 Å². The van der Waals surface area contributed by atoms with Crippen molar-refractivity contribution in [1.29, 1.82) is 0 Å². The van der Waals surface area contributed by atoms with Crippen LogP contribution in [0.15, 0.2) is 17.1 Å². The number of rotatable bonds is 14. The lowest BCUT2D eigenvalue weighted by molar-refractivity contribution is -0.114. The molecule has 33 heavy (non-hydrogen) atoms. The molecule has 0 aromatic carbocycles. The van der Waals surface area contributed by atoms with Crippen LogP contribution in [0.5, 0.6) is 0 Å². The molecule has 0 saturated carbocycles. The Morgan fingerprint density at radius 1 is 1.27 bits per heavy atom. The van der Waals surface area contributed by atoms with E-state index in [1.165, 1.54) is 42.6 Å². The summed E-state index contributed by atoms with van der Waals surface area (Å²) in [6, 6.07) is 1.52. The first-order valence-electron chi connectivity index (χ1n) is 10.7. The van der Waals surface area contributed by atoms with Crippen LogP contribution < -0.4 is 11.0 Å². The maximum absolute atomic E-state index is 12.5. The molecule has 1 aromatic heterocycles. The van der Waals surface area contributed by atoms with Gasteiger partial charge in [0.15, 0.2) is 20.4 Å². The van der Waals surface area contributed by atoms with Crippen LogP contribution in [-0.4, -0.2) is 71.6 Å². The first-order chi connectivity index (χ1) is 15.9. The average molecular weight is 506 g/mol. The molecule has 0 aliphatic carbocycles. The third-order valence-corrected chi connectivity index (χ3v) is 6.39. The largest absolute Gasteiger partial charge is 0.378 e. The minimum Gasteiger partial charge on any atom is -0.378 e. The number of aromatic nitrogens is 2. The van der Waals surface area contributed by atoms with Crippen molar-refractivity contribution in [3.05, 3.63) is 22.7 Å². The van der Waals surface area contributed by atoms with Gasteiger partial charge in [0.2, 0.25) is 5.91 Å². The minimum atomic E-state index is -0.729. The van der Waals surface area contributed by atoms with Crippen LogP contribution in [0.3, 0.4) is 0 Å². The Hall–Kier alpha value is -1.40. The van der Waals surface area contributed by atoms with Crippen LogP contribution >= 0.6 is 20.8 Å². The lowest BCUT2D eigenvalue weighted by Gasteiger charge is -2.23. The number of nitrogens with zero attached hydrogens (tertiary/aromatic N) is 2. The molecule has 2 unspecified atom stereocenters.